The van der Waals surface area contributed by atoms with Gasteiger partial charge in [0.1, 0.15) is 5.15 Å². The number of alkyl halides is 1. The van der Waals surface area contributed by atoms with Gasteiger partial charge in [-0.3, -0.25) is 4.68 Å². The van der Waals surface area contributed by atoms with Crippen molar-refractivity contribution >= 4 is 27.5 Å². The molecule has 1 aromatic heterocycles. The number of hydrogen-bond acceptors (Lipinski definition) is 1. The summed E-state index contributed by atoms with van der Waals surface area (Å²) < 4.78 is 1.74. The molecule has 0 aromatic carbocycles. The zero-order valence-corrected chi connectivity index (χ0v) is 11.2. The molecule has 0 radical (unpaired) electrons. The summed E-state index contributed by atoms with van der Waals surface area (Å²) in [4.78, 5) is 0. The first-order chi connectivity index (χ1) is 6.56. The lowest BCUT2D eigenvalue weighted by molar-refractivity contribution is 0.598. The van der Waals surface area contributed by atoms with Gasteiger partial charge in [0, 0.05) is 17.9 Å². The molecule has 0 spiro atoms. The van der Waals surface area contributed by atoms with Crippen LogP contribution in [0.3, 0.4) is 0 Å². The molecule has 0 bridgehead atoms. The van der Waals surface area contributed by atoms with Gasteiger partial charge in [0.15, 0.2) is 0 Å². The summed E-state index contributed by atoms with van der Waals surface area (Å²) in [7, 11) is 1.88. The van der Waals surface area contributed by atoms with Gasteiger partial charge in [0.25, 0.3) is 0 Å². The van der Waals surface area contributed by atoms with Crippen molar-refractivity contribution in [3.63, 3.8) is 0 Å². The number of aromatic nitrogens is 2. The zero-order valence-electron chi connectivity index (χ0n) is 8.85. The number of nitrogens with zero attached hydrogens (tertiary/aromatic N) is 2. The Morgan fingerprint density at radius 2 is 2.21 bits per heavy atom. The molecule has 1 rings (SSSR count). The van der Waals surface area contributed by atoms with Crippen LogP contribution >= 0.6 is 27.5 Å². The summed E-state index contributed by atoms with van der Waals surface area (Å²) in [5.41, 5.74) is 2.25. The molecule has 1 heterocycles. The van der Waals surface area contributed by atoms with Gasteiger partial charge in [-0.05, 0) is 25.7 Å². The minimum absolute atomic E-state index is 0.686. The lowest BCUT2D eigenvalue weighted by Crippen LogP contribution is -1.99. The summed E-state index contributed by atoms with van der Waals surface area (Å²) in [6.45, 7) is 4.24. The van der Waals surface area contributed by atoms with E-state index in [4.69, 9.17) is 11.6 Å². The van der Waals surface area contributed by atoms with E-state index in [1.165, 1.54) is 5.56 Å². The third-order valence-corrected chi connectivity index (χ3v) is 4.00. The number of rotatable bonds is 4. The molecule has 0 amide bonds. The van der Waals surface area contributed by atoms with Crippen LogP contribution in [0.2, 0.25) is 5.15 Å². The quantitative estimate of drug-likeness (QED) is 0.773. The Morgan fingerprint density at radius 3 is 2.64 bits per heavy atom. The van der Waals surface area contributed by atoms with Crippen molar-refractivity contribution in [3.05, 3.63) is 16.4 Å². The van der Waals surface area contributed by atoms with E-state index in [0.717, 1.165) is 29.0 Å². The van der Waals surface area contributed by atoms with Crippen molar-refractivity contribution < 1.29 is 0 Å². The van der Waals surface area contributed by atoms with Gasteiger partial charge in [-0.15, -0.1) is 0 Å². The maximum absolute atomic E-state index is 6.13. The second-order valence-electron chi connectivity index (χ2n) is 3.78. The minimum atomic E-state index is 0.686. The first-order valence-electron chi connectivity index (χ1n) is 4.80. The first-order valence-corrected chi connectivity index (χ1v) is 6.30. The molecule has 0 aliphatic carbocycles. The molecule has 80 valence electrons. The van der Waals surface area contributed by atoms with Crippen LogP contribution in [0.15, 0.2) is 0 Å². The predicted octanol–water partition coefficient (Wildman–Crippen LogP) is 3.35. The standard InChI is InChI=1S/C10H16BrClN2/c1-7(6-11)4-5-9-8(2)13-14(3)10(9)12/h7H,4-6H2,1-3H3. The molecule has 0 saturated heterocycles. The van der Waals surface area contributed by atoms with Crippen molar-refractivity contribution in [2.75, 3.05) is 5.33 Å². The smallest absolute Gasteiger partial charge is 0.130 e. The van der Waals surface area contributed by atoms with Gasteiger partial charge >= 0.3 is 0 Å². The summed E-state index contributed by atoms with van der Waals surface area (Å²) in [5, 5.41) is 6.11. The van der Waals surface area contributed by atoms with E-state index >= 15 is 0 Å². The third-order valence-electron chi connectivity index (χ3n) is 2.42. The van der Waals surface area contributed by atoms with E-state index in [0.29, 0.717) is 5.92 Å². The fraction of sp³-hybridized carbons (Fsp3) is 0.700. The van der Waals surface area contributed by atoms with Crippen LogP contribution < -0.4 is 0 Å². The van der Waals surface area contributed by atoms with E-state index in [1.54, 1.807) is 4.68 Å². The van der Waals surface area contributed by atoms with Crippen molar-refractivity contribution in [1.29, 1.82) is 0 Å². The van der Waals surface area contributed by atoms with Crippen LogP contribution in [0.5, 0.6) is 0 Å². The van der Waals surface area contributed by atoms with Crippen LogP contribution in [-0.2, 0) is 13.5 Å². The van der Waals surface area contributed by atoms with E-state index in [2.05, 4.69) is 28.0 Å². The molecule has 1 atom stereocenters. The molecule has 1 unspecified atom stereocenters. The number of hydrogen-bond donors (Lipinski definition) is 0. The van der Waals surface area contributed by atoms with Gasteiger partial charge in [-0.2, -0.15) is 5.10 Å². The van der Waals surface area contributed by atoms with Crippen molar-refractivity contribution in [3.8, 4) is 0 Å². The lowest BCUT2D eigenvalue weighted by atomic mass is 10.0. The van der Waals surface area contributed by atoms with E-state index in [-0.39, 0.29) is 0 Å². The Kier molecular flexibility index (Phi) is 4.45. The summed E-state index contributed by atoms with van der Waals surface area (Å²) >= 11 is 9.61. The molecule has 0 aliphatic rings. The SMILES string of the molecule is Cc1nn(C)c(Cl)c1CCC(C)CBr. The largest absolute Gasteiger partial charge is 0.257 e. The molecule has 0 aliphatic heterocycles. The van der Waals surface area contributed by atoms with Crippen LogP contribution in [0, 0.1) is 12.8 Å². The van der Waals surface area contributed by atoms with Gasteiger partial charge in [-0.25, -0.2) is 0 Å². The molecular weight excluding hydrogens is 263 g/mol. The molecule has 1 aromatic rings. The highest BCUT2D eigenvalue weighted by Crippen LogP contribution is 2.22. The van der Waals surface area contributed by atoms with E-state index in [1.807, 2.05) is 14.0 Å². The Labute approximate surface area is 98.8 Å². The highest BCUT2D eigenvalue weighted by atomic mass is 79.9. The van der Waals surface area contributed by atoms with Crippen molar-refractivity contribution in [2.45, 2.75) is 26.7 Å². The Bertz CT molecular complexity index is 309. The number of halogens is 2. The Hall–Kier alpha value is -0.0200. The first kappa shape index (κ1) is 12.1. The van der Waals surface area contributed by atoms with E-state index in [9.17, 15) is 0 Å². The van der Waals surface area contributed by atoms with Crippen LogP contribution in [-0.4, -0.2) is 15.1 Å². The van der Waals surface area contributed by atoms with Gasteiger partial charge in [0.2, 0.25) is 0 Å². The van der Waals surface area contributed by atoms with E-state index < -0.39 is 0 Å². The topological polar surface area (TPSA) is 17.8 Å². The molecule has 14 heavy (non-hydrogen) atoms. The second-order valence-corrected chi connectivity index (χ2v) is 4.78. The zero-order chi connectivity index (χ0) is 10.7. The van der Waals surface area contributed by atoms with Gasteiger partial charge < -0.3 is 0 Å². The molecule has 2 nitrogen and oxygen atoms in total. The van der Waals surface area contributed by atoms with Crippen LogP contribution in [0.4, 0.5) is 0 Å². The van der Waals surface area contributed by atoms with Gasteiger partial charge in [-0.1, -0.05) is 34.5 Å². The summed E-state index contributed by atoms with van der Waals surface area (Å²) in [6.07, 6.45) is 2.17. The maximum atomic E-state index is 6.13. The Morgan fingerprint density at radius 1 is 1.57 bits per heavy atom. The summed E-state index contributed by atoms with van der Waals surface area (Å²) in [5.74, 6) is 0.686. The molecule has 4 heteroatoms. The average Bonchev–Trinajstić information content (AvgIpc) is 2.39. The normalized spacial score (nSPS) is 13.2. The minimum Gasteiger partial charge on any atom is -0.257 e. The van der Waals surface area contributed by atoms with Crippen molar-refractivity contribution in [1.82, 2.24) is 9.78 Å². The predicted molar refractivity (Wildman–Crippen MR) is 64.2 cm³/mol. The molecule has 0 N–H and O–H groups in total. The highest BCUT2D eigenvalue weighted by Gasteiger charge is 2.11. The fourth-order valence-electron chi connectivity index (χ4n) is 1.43. The number of aryl methyl sites for hydroxylation is 2. The lowest BCUT2D eigenvalue weighted by Gasteiger charge is -2.06. The highest BCUT2D eigenvalue weighted by molar-refractivity contribution is 9.09. The molecule has 0 saturated carbocycles. The van der Waals surface area contributed by atoms with Gasteiger partial charge in [0.05, 0.1) is 5.69 Å². The van der Waals surface area contributed by atoms with Crippen LogP contribution in [0.1, 0.15) is 24.6 Å². The third kappa shape index (κ3) is 2.74. The molecular formula is C10H16BrClN2. The molecule has 0 fully saturated rings. The van der Waals surface area contributed by atoms with Crippen molar-refractivity contribution in [2.24, 2.45) is 13.0 Å². The fourth-order valence-corrected chi connectivity index (χ4v) is 2.02. The van der Waals surface area contributed by atoms with Crippen LogP contribution in [0.25, 0.3) is 0 Å². The second kappa shape index (κ2) is 5.17. The summed E-state index contributed by atoms with van der Waals surface area (Å²) in [6, 6.07) is 0. The average molecular weight is 280 g/mol. The monoisotopic (exact) mass is 278 g/mol. The maximum Gasteiger partial charge on any atom is 0.130 e. The Balaban J connectivity index is 2.67.